The van der Waals surface area contributed by atoms with Crippen molar-refractivity contribution in [2.24, 2.45) is 5.73 Å². The van der Waals surface area contributed by atoms with E-state index in [1.165, 1.54) is 6.26 Å². The summed E-state index contributed by atoms with van der Waals surface area (Å²) in [5.41, 5.74) is 6.66. The van der Waals surface area contributed by atoms with Crippen LogP contribution in [-0.2, 0) is 9.84 Å². The van der Waals surface area contributed by atoms with Gasteiger partial charge in [0.05, 0.1) is 11.8 Å². The molecule has 0 saturated heterocycles. The Morgan fingerprint density at radius 1 is 1.32 bits per heavy atom. The van der Waals surface area contributed by atoms with Crippen LogP contribution in [0.4, 0.5) is 0 Å². The van der Waals surface area contributed by atoms with Gasteiger partial charge in [0, 0.05) is 11.8 Å². The summed E-state index contributed by atoms with van der Waals surface area (Å²) in [4.78, 5) is 4.18. The highest BCUT2D eigenvalue weighted by Crippen LogP contribution is 2.19. The Morgan fingerprint density at radius 2 is 2.00 bits per heavy atom. The summed E-state index contributed by atoms with van der Waals surface area (Å²) in [6, 6.07) is 8.78. The fourth-order valence-electron chi connectivity index (χ4n) is 1.55. The van der Waals surface area contributed by atoms with Crippen LogP contribution >= 0.6 is 0 Å². The molecule has 2 N–H and O–H groups in total. The zero-order valence-corrected chi connectivity index (χ0v) is 11.3. The highest BCUT2D eigenvalue weighted by Gasteiger charge is 2.17. The quantitative estimate of drug-likeness (QED) is 0.883. The molecule has 0 aliphatic rings. The number of nitrogens with two attached hydrogens (primary N) is 1. The molecule has 102 valence electrons. The van der Waals surface area contributed by atoms with E-state index in [4.69, 9.17) is 10.3 Å². The smallest absolute Gasteiger partial charge is 0.243 e. The van der Waals surface area contributed by atoms with Gasteiger partial charge >= 0.3 is 0 Å². The molecule has 0 spiro atoms. The summed E-state index contributed by atoms with van der Waals surface area (Å²) in [5.74, 6) is 0.699. The molecule has 7 heteroatoms. The van der Waals surface area contributed by atoms with Crippen molar-refractivity contribution in [1.29, 1.82) is 0 Å². The fraction of sp³-hybridized carbons (Fsp3) is 0.333. The first-order valence-corrected chi connectivity index (χ1v) is 7.84. The molecule has 1 atom stereocenters. The van der Waals surface area contributed by atoms with Gasteiger partial charge in [0.15, 0.2) is 0 Å². The van der Waals surface area contributed by atoms with E-state index in [0.717, 1.165) is 5.56 Å². The summed E-state index contributed by atoms with van der Waals surface area (Å²) in [5, 5.41) is 3.84. The average molecular weight is 281 g/mol. The van der Waals surface area contributed by atoms with Crippen molar-refractivity contribution in [1.82, 2.24) is 10.1 Å². The highest BCUT2D eigenvalue weighted by atomic mass is 32.2. The molecule has 1 aromatic carbocycles. The van der Waals surface area contributed by atoms with E-state index in [1.807, 2.05) is 30.3 Å². The van der Waals surface area contributed by atoms with E-state index in [9.17, 15) is 8.42 Å². The van der Waals surface area contributed by atoms with Gasteiger partial charge in [-0.25, -0.2) is 8.42 Å². The van der Waals surface area contributed by atoms with Gasteiger partial charge in [0.25, 0.3) is 0 Å². The van der Waals surface area contributed by atoms with Crippen LogP contribution < -0.4 is 5.73 Å². The molecular weight excluding hydrogens is 266 g/mol. The van der Waals surface area contributed by atoms with Crippen molar-refractivity contribution in [2.75, 3.05) is 12.0 Å². The van der Waals surface area contributed by atoms with Gasteiger partial charge in [-0.1, -0.05) is 35.5 Å². The fourth-order valence-corrected chi connectivity index (χ4v) is 2.24. The van der Waals surface area contributed by atoms with Crippen LogP contribution in [0.15, 0.2) is 34.9 Å². The number of sulfone groups is 1. The lowest BCUT2D eigenvalue weighted by atomic mass is 10.2. The van der Waals surface area contributed by atoms with Crippen molar-refractivity contribution in [3.05, 3.63) is 36.2 Å². The largest absolute Gasteiger partial charge is 0.337 e. The molecule has 0 saturated carbocycles. The maximum Gasteiger partial charge on any atom is 0.243 e. The molecule has 0 unspecified atom stereocenters. The second kappa shape index (κ2) is 5.50. The van der Waals surface area contributed by atoms with Crippen LogP contribution in [0.1, 0.15) is 18.4 Å². The Morgan fingerprint density at radius 3 is 2.63 bits per heavy atom. The number of benzene rings is 1. The first kappa shape index (κ1) is 13.7. The Balaban J connectivity index is 2.09. The van der Waals surface area contributed by atoms with Crippen LogP contribution in [-0.4, -0.2) is 30.6 Å². The normalized spacial score (nSPS) is 13.4. The van der Waals surface area contributed by atoms with Crippen LogP contribution in [0.3, 0.4) is 0 Å². The predicted molar refractivity (Wildman–Crippen MR) is 71.0 cm³/mol. The lowest BCUT2D eigenvalue weighted by Crippen LogP contribution is -2.16. The number of nitrogens with zero attached hydrogens (tertiary/aromatic N) is 2. The van der Waals surface area contributed by atoms with E-state index >= 15 is 0 Å². The SMILES string of the molecule is CS(=O)(=O)CC[C@H](N)c1nc(-c2ccccc2)no1. The van der Waals surface area contributed by atoms with Crippen molar-refractivity contribution in [3.63, 3.8) is 0 Å². The number of aromatic nitrogens is 2. The zero-order chi connectivity index (χ0) is 13.9. The van der Waals surface area contributed by atoms with Crippen LogP contribution in [0, 0.1) is 0 Å². The van der Waals surface area contributed by atoms with E-state index in [-0.39, 0.29) is 18.1 Å². The minimum absolute atomic E-state index is 0.00276. The van der Waals surface area contributed by atoms with Crippen molar-refractivity contribution < 1.29 is 12.9 Å². The summed E-state index contributed by atoms with van der Waals surface area (Å²) in [6.45, 7) is 0. The molecular formula is C12H15N3O3S. The molecule has 0 aliphatic heterocycles. The molecule has 0 bridgehead atoms. The van der Waals surface area contributed by atoms with Gasteiger partial charge in [-0.05, 0) is 6.42 Å². The summed E-state index contributed by atoms with van der Waals surface area (Å²) < 4.78 is 27.2. The van der Waals surface area contributed by atoms with Gasteiger partial charge in [0.1, 0.15) is 9.84 Å². The third-order valence-electron chi connectivity index (χ3n) is 2.59. The summed E-state index contributed by atoms with van der Waals surface area (Å²) in [7, 11) is -3.04. The second-order valence-corrected chi connectivity index (χ2v) is 6.61. The third-order valence-corrected chi connectivity index (χ3v) is 3.57. The second-order valence-electron chi connectivity index (χ2n) is 4.35. The Kier molecular flexibility index (Phi) is 3.96. The first-order chi connectivity index (χ1) is 8.96. The van der Waals surface area contributed by atoms with Gasteiger partial charge in [-0.3, -0.25) is 0 Å². The topological polar surface area (TPSA) is 99.1 Å². The Labute approximate surface area is 111 Å². The van der Waals surface area contributed by atoms with Crippen molar-refractivity contribution >= 4 is 9.84 Å². The molecule has 19 heavy (non-hydrogen) atoms. The Hall–Kier alpha value is -1.73. The van der Waals surface area contributed by atoms with Gasteiger partial charge in [-0.2, -0.15) is 4.98 Å². The van der Waals surface area contributed by atoms with Gasteiger partial charge in [-0.15, -0.1) is 0 Å². The minimum atomic E-state index is -3.04. The molecule has 1 heterocycles. The monoisotopic (exact) mass is 281 g/mol. The maximum absolute atomic E-state index is 11.1. The average Bonchev–Trinajstić information content (AvgIpc) is 2.86. The van der Waals surface area contributed by atoms with Gasteiger partial charge < -0.3 is 10.3 Å². The number of rotatable bonds is 5. The van der Waals surface area contributed by atoms with Crippen molar-refractivity contribution in [2.45, 2.75) is 12.5 Å². The Bertz CT molecular complexity index is 637. The molecule has 6 nitrogen and oxygen atoms in total. The standard InChI is InChI=1S/C12H15N3O3S/c1-19(16,17)8-7-10(13)12-14-11(15-18-12)9-5-3-2-4-6-9/h2-6,10H,7-8,13H2,1H3/t10-/m0/s1. The molecule has 0 fully saturated rings. The molecule has 2 rings (SSSR count). The maximum atomic E-state index is 11.1. The zero-order valence-electron chi connectivity index (χ0n) is 10.5. The lowest BCUT2D eigenvalue weighted by Gasteiger charge is -2.04. The van der Waals surface area contributed by atoms with E-state index in [0.29, 0.717) is 5.82 Å². The molecule has 2 aromatic rings. The predicted octanol–water partition coefficient (Wildman–Crippen LogP) is 1.17. The third kappa shape index (κ3) is 3.87. The number of hydrogen-bond acceptors (Lipinski definition) is 6. The first-order valence-electron chi connectivity index (χ1n) is 5.78. The molecule has 0 amide bonds. The molecule has 1 aromatic heterocycles. The van der Waals surface area contributed by atoms with Crippen LogP contribution in [0.5, 0.6) is 0 Å². The lowest BCUT2D eigenvalue weighted by molar-refractivity contribution is 0.352. The van der Waals surface area contributed by atoms with Crippen LogP contribution in [0.2, 0.25) is 0 Å². The summed E-state index contributed by atoms with van der Waals surface area (Å²) >= 11 is 0. The minimum Gasteiger partial charge on any atom is -0.337 e. The number of hydrogen-bond donors (Lipinski definition) is 1. The molecule has 0 radical (unpaired) electrons. The highest BCUT2D eigenvalue weighted by molar-refractivity contribution is 7.90. The van der Waals surface area contributed by atoms with Gasteiger partial charge in [0.2, 0.25) is 11.7 Å². The van der Waals surface area contributed by atoms with Crippen LogP contribution in [0.25, 0.3) is 11.4 Å². The van der Waals surface area contributed by atoms with E-state index in [2.05, 4.69) is 10.1 Å². The van der Waals surface area contributed by atoms with Crippen molar-refractivity contribution in [3.8, 4) is 11.4 Å². The molecule has 0 aliphatic carbocycles. The summed E-state index contributed by atoms with van der Waals surface area (Å²) in [6.07, 6.45) is 1.43. The van der Waals surface area contributed by atoms with E-state index < -0.39 is 15.9 Å². The van der Waals surface area contributed by atoms with E-state index in [1.54, 1.807) is 0 Å².